The molecule has 0 rings (SSSR count). The third kappa shape index (κ3) is 10.3. The largest absolute Gasteiger partial charge is 0.481 e. The summed E-state index contributed by atoms with van der Waals surface area (Å²) in [7, 11) is -3.21. The van der Waals surface area contributed by atoms with Crippen LogP contribution in [-0.4, -0.2) is 31.8 Å². The Kier molecular flexibility index (Phi) is 7.38. The molecule has 0 fully saturated rings. The average molecular weight is 265 g/mol. The number of rotatable bonds is 9. The molecule has 1 atom stereocenters. The molecule has 2 N–H and O–H groups in total. The Hall–Kier alpha value is -0.620. The van der Waals surface area contributed by atoms with E-state index in [9.17, 15) is 13.2 Å². The number of carbonyl (C=O) groups is 1. The molecule has 17 heavy (non-hydrogen) atoms. The average Bonchev–Trinajstić information content (AvgIpc) is 2.21. The van der Waals surface area contributed by atoms with Crippen molar-refractivity contribution < 1.29 is 18.3 Å². The van der Waals surface area contributed by atoms with Crippen LogP contribution in [0.25, 0.3) is 0 Å². The van der Waals surface area contributed by atoms with Gasteiger partial charge in [-0.25, -0.2) is 13.1 Å². The molecule has 0 aliphatic carbocycles. The van der Waals surface area contributed by atoms with E-state index in [1.165, 1.54) is 0 Å². The number of nitrogens with one attached hydrogen (secondary N) is 1. The van der Waals surface area contributed by atoms with Crippen LogP contribution in [0.2, 0.25) is 0 Å². The van der Waals surface area contributed by atoms with Crippen molar-refractivity contribution >= 4 is 16.0 Å². The van der Waals surface area contributed by atoms with E-state index in [0.29, 0.717) is 25.3 Å². The SMILES string of the molecule is CC(C)CCS(=O)(=O)NCC(C)CCC(=O)O. The second kappa shape index (κ2) is 7.66. The first kappa shape index (κ1) is 16.4. The molecule has 0 amide bonds. The molecule has 5 nitrogen and oxygen atoms in total. The lowest BCUT2D eigenvalue weighted by Gasteiger charge is -2.12. The van der Waals surface area contributed by atoms with Crippen LogP contribution in [0.1, 0.15) is 40.0 Å². The molecule has 102 valence electrons. The Morgan fingerprint density at radius 3 is 2.29 bits per heavy atom. The van der Waals surface area contributed by atoms with Crippen LogP contribution >= 0.6 is 0 Å². The lowest BCUT2D eigenvalue weighted by Crippen LogP contribution is -2.31. The second-order valence-corrected chi connectivity index (χ2v) is 6.81. The molecule has 0 radical (unpaired) electrons. The zero-order valence-corrected chi connectivity index (χ0v) is 11.6. The molecule has 0 saturated carbocycles. The fourth-order valence-electron chi connectivity index (χ4n) is 1.20. The summed E-state index contributed by atoms with van der Waals surface area (Å²) in [5, 5.41) is 8.50. The van der Waals surface area contributed by atoms with E-state index in [1.54, 1.807) is 0 Å². The Morgan fingerprint density at radius 1 is 1.24 bits per heavy atom. The Balaban J connectivity index is 3.88. The molecule has 0 aromatic rings. The van der Waals surface area contributed by atoms with E-state index in [4.69, 9.17) is 5.11 Å². The highest BCUT2D eigenvalue weighted by atomic mass is 32.2. The first-order valence-corrected chi connectivity index (χ1v) is 7.57. The fourth-order valence-corrected chi connectivity index (χ4v) is 2.67. The smallest absolute Gasteiger partial charge is 0.303 e. The van der Waals surface area contributed by atoms with Gasteiger partial charge in [0.1, 0.15) is 0 Å². The van der Waals surface area contributed by atoms with Crippen LogP contribution in [0.3, 0.4) is 0 Å². The maximum atomic E-state index is 11.6. The standard InChI is InChI=1S/C11H23NO4S/c1-9(2)6-7-17(15,16)12-8-10(3)4-5-11(13)14/h9-10,12H,4-8H2,1-3H3,(H,13,14). The lowest BCUT2D eigenvalue weighted by atomic mass is 10.1. The molecule has 1 unspecified atom stereocenters. The maximum absolute atomic E-state index is 11.6. The minimum atomic E-state index is -3.21. The van der Waals surface area contributed by atoms with Gasteiger partial charge in [0.05, 0.1) is 5.75 Å². The monoisotopic (exact) mass is 265 g/mol. The van der Waals surface area contributed by atoms with Crippen LogP contribution in [0.5, 0.6) is 0 Å². The Bertz CT molecular complexity index is 324. The van der Waals surface area contributed by atoms with E-state index in [-0.39, 0.29) is 18.1 Å². The van der Waals surface area contributed by atoms with E-state index >= 15 is 0 Å². The van der Waals surface area contributed by atoms with Gasteiger partial charge in [-0.2, -0.15) is 0 Å². The molecule has 0 aromatic heterocycles. The Labute approximate surface area is 104 Å². The molecule has 0 aliphatic rings. The summed E-state index contributed by atoms with van der Waals surface area (Å²) in [6.45, 7) is 6.11. The summed E-state index contributed by atoms with van der Waals surface area (Å²) in [5.74, 6) is -0.313. The summed E-state index contributed by atoms with van der Waals surface area (Å²) in [6.07, 6.45) is 1.20. The predicted molar refractivity (Wildman–Crippen MR) is 67.3 cm³/mol. The summed E-state index contributed by atoms with van der Waals surface area (Å²) in [6, 6.07) is 0. The van der Waals surface area contributed by atoms with Crippen molar-refractivity contribution in [1.29, 1.82) is 0 Å². The van der Waals surface area contributed by atoms with Crippen molar-refractivity contribution in [3.05, 3.63) is 0 Å². The van der Waals surface area contributed by atoms with Crippen molar-refractivity contribution in [3.63, 3.8) is 0 Å². The van der Waals surface area contributed by atoms with Crippen LogP contribution in [0, 0.1) is 11.8 Å². The molecule has 0 bridgehead atoms. The molecule has 0 heterocycles. The van der Waals surface area contributed by atoms with E-state index < -0.39 is 16.0 Å². The van der Waals surface area contributed by atoms with Crippen molar-refractivity contribution in [2.45, 2.75) is 40.0 Å². The molecule has 0 spiro atoms. The van der Waals surface area contributed by atoms with Gasteiger partial charge in [0.2, 0.25) is 10.0 Å². The van der Waals surface area contributed by atoms with Gasteiger partial charge in [0.15, 0.2) is 0 Å². The van der Waals surface area contributed by atoms with Crippen LogP contribution in [0.4, 0.5) is 0 Å². The maximum Gasteiger partial charge on any atom is 0.303 e. The number of hydrogen-bond acceptors (Lipinski definition) is 3. The van der Waals surface area contributed by atoms with Crippen molar-refractivity contribution in [2.24, 2.45) is 11.8 Å². The van der Waals surface area contributed by atoms with E-state index in [2.05, 4.69) is 4.72 Å². The van der Waals surface area contributed by atoms with Gasteiger partial charge in [-0.15, -0.1) is 0 Å². The number of hydrogen-bond donors (Lipinski definition) is 2. The van der Waals surface area contributed by atoms with Crippen molar-refractivity contribution in [1.82, 2.24) is 4.72 Å². The second-order valence-electron chi connectivity index (χ2n) is 4.89. The zero-order chi connectivity index (χ0) is 13.5. The van der Waals surface area contributed by atoms with Gasteiger partial charge in [-0.05, 0) is 24.7 Å². The highest BCUT2D eigenvalue weighted by molar-refractivity contribution is 7.89. The quantitative estimate of drug-likeness (QED) is 0.661. The lowest BCUT2D eigenvalue weighted by molar-refractivity contribution is -0.137. The number of aliphatic carboxylic acids is 1. The number of carboxylic acids is 1. The molecule has 0 aliphatic heterocycles. The normalized spacial score (nSPS) is 13.9. The van der Waals surface area contributed by atoms with Gasteiger partial charge in [-0.3, -0.25) is 4.79 Å². The number of carboxylic acid groups (broad SMARTS) is 1. The zero-order valence-electron chi connectivity index (χ0n) is 10.8. The number of sulfonamides is 1. The first-order chi connectivity index (χ1) is 7.73. The van der Waals surface area contributed by atoms with Crippen LogP contribution in [-0.2, 0) is 14.8 Å². The van der Waals surface area contributed by atoms with Gasteiger partial charge < -0.3 is 5.11 Å². The first-order valence-electron chi connectivity index (χ1n) is 5.92. The summed E-state index contributed by atoms with van der Waals surface area (Å²) < 4.78 is 25.6. The van der Waals surface area contributed by atoms with Crippen molar-refractivity contribution in [3.8, 4) is 0 Å². The summed E-state index contributed by atoms with van der Waals surface area (Å²) in [5.41, 5.74) is 0. The third-order valence-electron chi connectivity index (χ3n) is 2.47. The molecule has 0 saturated heterocycles. The highest BCUT2D eigenvalue weighted by Gasteiger charge is 2.13. The minimum Gasteiger partial charge on any atom is -0.481 e. The van der Waals surface area contributed by atoms with Crippen molar-refractivity contribution in [2.75, 3.05) is 12.3 Å². The summed E-state index contributed by atoms with van der Waals surface area (Å²) in [4.78, 5) is 10.3. The predicted octanol–water partition coefficient (Wildman–Crippen LogP) is 1.45. The van der Waals surface area contributed by atoms with Crippen LogP contribution < -0.4 is 4.72 Å². The third-order valence-corrected chi connectivity index (χ3v) is 3.85. The molecule has 6 heteroatoms. The molecular weight excluding hydrogens is 242 g/mol. The molecule has 0 aromatic carbocycles. The minimum absolute atomic E-state index is 0.0416. The van der Waals surface area contributed by atoms with E-state index in [0.717, 1.165) is 0 Å². The van der Waals surface area contributed by atoms with Gasteiger partial charge in [0, 0.05) is 13.0 Å². The summed E-state index contributed by atoms with van der Waals surface area (Å²) >= 11 is 0. The Morgan fingerprint density at radius 2 is 1.82 bits per heavy atom. The van der Waals surface area contributed by atoms with Gasteiger partial charge >= 0.3 is 5.97 Å². The van der Waals surface area contributed by atoms with E-state index in [1.807, 2.05) is 20.8 Å². The molecular formula is C11H23NO4S. The fraction of sp³-hybridized carbons (Fsp3) is 0.909. The van der Waals surface area contributed by atoms with Gasteiger partial charge in [-0.1, -0.05) is 20.8 Å². The van der Waals surface area contributed by atoms with Crippen LogP contribution in [0.15, 0.2) is 0 Å². The topological polar surface area (TPSA) is 83.5 Å². The highest BCUT2D eigenvalue weighted by Crippen LogP contribution is 2.06. The van der Waals surface area contributed by atoms with Gasteiger partial charge in [0.25, 0.3) is 0 Å².